The first-order valence-corrected chi connectivity index (χ1v) is 9.23. The lowest BCUT2D eigenvalue weighted by atomic mass is 9.99. The van der Waals surface area contributed by atoms with Gasteiger partial charge in [0.1, 0.15) is 0 Å². The summed E-state index contributed by atoms with van der Waals surface area (Å²) in [5.74, 6) is -0.489. The monoisotopic (exact) mass is 341 g/mol. The lowest BCUT2D eigenvalue weighted by molar-refractivity contribution is -0.121. The number of benzene rings is 2. The molecular formula is C19H19NO3S. The Balaban J connectivity index is 1.89. The van der Waals surface area contributed by atoms with Crippen LogP contribution < -0.4 is 0 Å². The Kier molecular flexibility index (Phi) is 4.28. The van der Waals surface area contributed by atoms with Crippen molar-refractivity contribution in [2.45, 2.75) is 25.2 Å². The SMILES string of the molecule is Cc1ccc(C2=CC(=O)N(S(=O)(=O)c3ccc(C)cc3)CC2)cc1. The Hall–Kier alpha value is -2.40. The van der Waals surface area contributed by atoms with Crippen molar-refractivity contribution in [2.75, 3.05) is 6.54 Å². The Morgan fingerprint density at radius 2 is 1.42 bits per heavy atom. The van der Waals surface area contributed by atoms with Gasteiger partial charge in [-0.05, 0) is 43.5 Å². The third-order valence-corrected chi connectivity index (χ3v) is 5.97. The van der Waals surface area contributed by atoms with Gasteiger partial charge in [0.25, 0.3) is 15.9 Å². The molecule has 0 aromatic heterocycles. The van der Waals surface area contributed by atoms with Gasteiger partial charge in [0.05, 0.1) is 4.90 Å². The number of carbonyl (C=O) groups excluding carboxylic acids is 1. The van der Waals surface area contributed by atoms with Crippen LogP contribution >= 0.6 is 0 Å². The minimum absolute atomic E-state index is 0.147. The molecule has 1 heterocycles. The Bertz CT molecular complexity index is 895. The van der Waals surface area contributed by atoms with E-state index in [4.69, 9.17) is 0 Å². The number of nitrogens with zero attached hydrogens (tertiary/aromatic N) is 1. The van der Waals surface area contributed by atoms with Gasteiger partial charge >= 0.3 is 0 Å². The second-order valence-corrected chi connectivity index (χ2v) is 7.88. The van der Waals surface area contributed by atoms with Gasteiger partial charge in [-0.15, -0.1) is 0 Å². The molecule has 0 saturated carbocycles. The molecule has 0 atom stereocenters. The fourth-order valence-electron chi connectivity index (χ4n) is 2.70. The zero-order valence-electron chi connectivity index (χ0n) is 13.7. The predicted octanol–water partition coefficient (Wildman–Crippen LogP) is 3.31. The fraction of sp³-hybridized carbons (Fsp3) is 0.211. The van der Waals surface area contributed by atoms with E-state index in [1.54, 1.807) is 12.1 Å². The van der Waals surface area contributed by atoms with Crippen LogP contribution in [-0.4, -0.2) is 25.2 Å². The second-order valence-electron chi connectivity index (χ2n) is 6.01. The molecule has 0 radical (unpaired) electrons. The molecule has 1 aliphatic rings. The highest BCUT2D eigenvalue weighted by atomic mass is 32.2. The number of hydrogen-bond acceptors (Lipinski definition) is 3. The number of rotatable bonds is 3. The van der Waals surface area contributed by atoms with Crippen molar-refractivity contribution in [3.05, 3.63) is 71.3 Å². The van der Waals surface area contributed by atoms with Gasteiger partial charge in [-0.2, -0.15) is 0 Å². The Morgan fingerprint density at radius 1 is 0.875 bits per heavy atom. The molecule has 0 aliphatic carbocycles. The van der Waals surface area contributed by atoms with Gasteiger partial charge in [0.2, 0.25) is 0 Å². The van der Waals surface area contributed by atoms with Crippen molar-refractivity contribution in [1.29, 1.82) is 0 Å². The van der Waals surface area contributed by atoms with Crippen LogP contribution in [0.1, 0.15) is 23.1 Å². The van der Waals surface area contributed by atoms with Gasteiger partial charge < -0.3 is 0 Å². The zero-order chi connectivity index (χ0) is 17.3. The molecule has 1 amide bonds. The molecule has 0 bridgehead atoms. The molecule has 4 nitrogen and oxygen atoms in total. The van der Waals surface area contributed by atoms with Gasteiger partial charge in [0.15, 0.2) is 0 Å². The van der Waals surface area contributed by atoms with Crippen LogP contribution in [0.15, 0.2) is 59.5 Å². The first-order valence-electron chi connectivity index (χ1n) is 7.79. The molecule has 124 valence electrons. The summed E-state index contributed by atoms with van der Waals surface area (Å²) in [6, 6.07) is 14.4. The molecule has 24 heavy (non-hydrogen) atoms. The molecular weight excluding hydrogens is 322 g/mol. The molecule has 1 aliphatic heterocycles. The maximum Gasteiger partial charge on any atom is 0.266 e. The average molecular weight is 341 g/mol. The van der Waals surface area contributed by atoms with Crippen molar-refractivity contribution in [1.82, 2.24) is 4.31 Å². The number of sulfonamides is 1. The topological polar surface area (TPSA) is 54.5 Å². The fourth-order valence-corrected chi connectivity index (χ4v) is 4.05. The van der Waals surface area contributed by atoms with E-state index >= 15 is 0 Å². The first kappa shape index (κ1) is 16.5. The van der Waals surface area contributed by atoms with Crippen molar-refractivity contribution in [2.24, 2.45) is 0 Å². The van der Waals surface area contributed by atoms with Crippen LogP contribution in [0.3, 0.4) is 0 Å². The van der Waals surface area contributed by atoms with Crippen molar-refractivity contribution in [3.63, 3.8) is 0 Å². The summed E-state index contributed by atoms with van der Waals surface area (Å²) >= 11 is 0. The number of hydrogen-bond donors (Lipinski definition) is 0. The molecule has 0 N–H and O–H groups in total. The molecule has 0 fully saturated rings. The van der Waals surface area contributed by atoms with Gasteiger partial charge in [-0.1, -0.05) is 47.5 Å². The van der Waals surface area contributed by atoms with Crippen LogP contribution in [0.5, 0.6) is 0 Å². The minimum Gasteiger partial charge on any atom is -0.269 e. The summed E-state index contributed by atoms with van der Waals surface area (Å²) in [5, 5.41) is 0. The lowest BCUT2D eigenvalue weighted by Crippen LogP contribution is -2.39. The van der Waals surface area contributed by atoms with Crippen LogP contribution in [0.25, 0.3) is 5.57 Å². The summed E-state index contributed by atoms with van der Waals surface area (Å²) in [5.41, 5.74) is 3.95. The molecule has 2 aromatic rings. The molecule has 3 rings (SSSR count). The van der Waals surface area contributed by atoms with E-state index in [2.05, 4.69) is 0 Å². The molecule has 0 unspecified atom stereocenters. The highest BCUT2D eigenvalue weighted by Gasteiger charge is 2.31. The normalized spacial score (nSPS) is 15.3. The van der Waals surface area contributed by atoms with Crippen molar-refractivity contribution < 1.29 is 13.2 Å². The van der Waals surface area contributed by atoms with E-state index in [9.17, 15) is 13.2 Å². The van der Waals surface area contributed by atoms with Crippen molar-refractivity contribution in [3.8, 4) is 0 Å². The highest BCUT2D eigenvalue weighted by molar-refractivity contribution is 7.89. The number of aryl methyl sites for hydroxylation is 2. The number of carbonyl (C=O) groups is 1. The summed E-state index contributed by atoms with van der Waals surface area (Å²) < 4.78 is 26.3. The summed E-state index contributed by atoms with van der Waals surface area (Å²) in [6.45, 7) is 4.05. The molecule has 5 heteroatoms. The van der Waals surface area contributed by atoms with Crippen LogP contribution in [0.2, 0.25) is 0 Å². The quantitative estimate of drug-likeness (QED) is 0.861. The van der Waals surface area contributed by atoms with Crippen LogP contribution in [-0.2, 0) is 14.8 Å². The first-order chi connectivity index (χ1) is 11.4. The smallest absolute Gasteiger partial charge is 0.266 e. The maximum atomic E-state index is 12.7. The van der Waals surface area contributed by atoms with Crippen LogP contribution in [0, 0.1) is 13.8 Å². The van der Waals surface area contributed by atoms with Crippen LogP contribution in [0.4, 0.5) is 0 Å². The summed E-state index contributed by atoms with van der Waals surface area (Å²) in [7, 11) is -3.80. The zero-order valence-corrected chi connectivity index (χ0v) is 14.5. The standard InChI is InChI=1S/C19H19NO3S/c1-14-3-7-16(8-4-14)17-11-12-20(19(21)13-17)24(22,23)18-9-5-15(2)6-10-18/h3-10,13H,11-12H2,1-2H3. The third kappa shape index (κ3) is 3.12. The van der Waals surface area contributed by atoms with E-state index in [1.807, 2.05) is 38.1 Å². The van der Waals surface area contributed by atoms with E-state index in [1.165, 1.54) is 18.2 Å². The Labute approximate surface area is 142 Å². The molecule has 0 spiro atoms. The average Bonchev–Trinajstić information content (AvgIpc) is 2.55. The van der Waals surface area contributed by atoms with Gasteiger partial charge in [-0.25, -0.2) is 12.7 Å². The third-order valence-electron chi connectivity index (χ3n) is 4.16. The van der Waals surface area contributed by atoms with E-state index < -0.39 is 15.9 Å². The summed E-state index contributed by atoms with van der Waals surface area (Å²) in [4.78, 5) is 12.5. The minimum atomic E-state index is -3.80. The highest BCUT2D eigenvalue weighted by Crippen LogP contribution is 2.27. The van der Waals surface area contributed by atoms with Gasteiger partial charge in [-0.3, -0.25) is 4.79 Å². The largest absolute Gasteiger partial charge is 0.269 e. The van der Waals surface area contributed by atoms with Gasteiger partial charge in [0, 0.05) is 12.6 Å². The van der Waals surface area contributed by atoms with E-state index in [-0.39, 0.29) is 11.4 Å². The molecule has 2 aromatic carbocycles. The molecule has 0 saturated heterocycles. The number of amides is 1. The Morgan fingerprint density at radius 3 is 1.96 bits per heavy atom. The van der Waals surface area contributed by atoms with Crippen molar-refractivity contribution >= 4 is 21.5 Å². The predicted molar refractivity (Wildman–Crippen MR) is 93.9 cm³/mol. The lowest BCUT2D eigenvalue weighted by Gasteiger charge is -2.26. The van der Waals surface area contributed by atoms with E-state index in [0.717, 1.165) is 26.6 Å². The second kappa shape index (κ2) is 6.24. The van der Waals surface area contributed by atoms with E-state index in [0.29, 0.717) is 6.42 Å². The maximum absolute atomic E-state index is 12.7. The summed E-state index contributed by atoms with van der Waals surface area (Å²) in [6.07, 6.45) is 1.94.